The second-order valence-corrected chi connectivity index (χ2v) is 9.13. The summed E-state index contributed by atoms with van der Waals surface area (Å²) in [6.45, 7) is 7.98. The summed E-state index contributed by atoms with van der Waals surface area (Å²) in [4.78, 5) is 0. The van der Waals surface area contributed by atoms with E-state index in [0.29, 0.717) is 17.8 Å². The predicted molar refractivity (Wildman–Crippen MR) is 107 cm³/mol. The second-order valence-electron chi connectivity index (χ2n) is 9.13. The number of hydrogen-bond donors (Lipinski definition) is 0. The maximum atomic E-state index is 6.11. The first-order valence-electron chi connectivity index (χ1n) is 11.7. The Labute approximate surface area is 166 Å². The van der Waals surface area contributed by atoms with E-state index in [9.17, 15) is 0 Å². The van der Waals surface area contributed by atoms with Gasteiger partial charge in [-0.25, -0.2) is 0 Å². The first-order chi connectivity index (χ1) is 13.3. The minimum atomic E-state index is -0.0190. The summed E-state index contributed by atoms with van der Waals surface area (Å²) >= 11 is 0. The normalized spacial score (nSPS) is 38.0. The Morgan fingerprint density at radius 2 is 1.26 bits per heavy atom. The standard InChI is InChI=1S/C23H42O4/c1-3-5-6-7-19-14-24-22(25-15-19)13-10-20-16-26-23(27-17-20)21-11-8-18(4-2)9-12-21/h18-23H,3-17H2,1-2H3. The maximum absolute atomic E-state index is 6.11. The highest BCUT2D eigenvalue weighted by atomic mass is 16.7. The summed E-state index contributed by atoms with van der Waals surface area (Å²) in [6, 6.07) is 0. The van der Waals surface area contributed by atoms with E-state index < -0.39 is 0 Å². The van der Waals surface area contributed by atoms with Gasteiger partial charge in [0.05, 0.1) is 26.4 Å². The molecule has 0 spiro atoms. The molecule has 0 unspecified atom stereocenters. The van der Waals surface area contributed by atoms with Crippen LogP contribution in [0.25, 0.3) is 0 Å². The number of ether oxygens (including phenoxy) is 4. The molecule has 3 aliphatic rings. The van der Waals surface area contributed by atoms with Crippen molar-refractivity contribution in [3.63, 3.8) is 0 Å². The molecule has 158 valence electrons. The zero-order chi connectivity index (χ0) is 18.9. The molecule has 0 atom stereocenters. The molecule has 27 heavy (non-hydrogen) atoms. The Hall–Kier alpha value is -0.160. The summed E-state index contributed by atoms with van der Waals surface area (Å²) in [5.41, 5.74) is 0. The SMILES string of the molecule is CCCCCC1COC(CCC2COC(C3CCC(CC)CC3)OC2)OC1. The van der Waals surface area contributed by atoms with Crippen LogP contribution < -0.4 is 0 Å². The summed E-state index contributed by atoms with van der Waals surface area (Å²) in [5, 5.41) is 0. The van der Waals surface area contributed by atoms with E-state index in [0.717, 1.165) is 45.2 Å². The van der Waals surface area contributed by atoms with Gasteiger partial charge in [-0.2, -0.15) is 0 Å². The molecule has 0 amide bonds. The molecule has 2 saturated heterocycles. The molecule has 2 heterocycles. The lowest BCUT2D eigenvalue weighted by molar-refractivity contribution is -0.236. The molecule has 1 saturated carbocycles. The number of rotatable bonds is 9. The minimum Gasteiger partial charge on any atom is -0.352 e. The van der Waals surface area contributed by atoms with Gasteiger partial charge in [0.2, 0.25) is 0 Å². The van der Waals surface area contributed by atoms with Crippen LogP contribution in [-0.4, -0.2) is 39.0 Å². The Bertz CT molecular complexity index is 378. The highest BCUT2D eigenvalue weighted by Crippen LogP contribution is 2.35. The third-order valence-electron chi connectivity index (χ3n) is 6.91. The fraction of sp³-hybridized carbons (Fsp3) is 1.00. The monoisotopic (exact) mass is 382 g/mol. The molecule has 0 aromatic rings. The quantitative estimate of drug-likeness (QED) is 0.491. The van der Waals surface area contributed by atoms with Gasteiger partial charge in [-0.3, -0.25) is 0 Å². The zero-order valence-electron chi connectivity index (χ0n) is 17.7. The topological polar surface area (TPSA) is 36.9 Å². The highest BCUT2D eigenvalue weighted by molar-refractivity contribution is 4.77. The molecule has 2 aliphatic heterocycles. The van der Waals surface area contributed by atoms with E-state index in [2.05, 4.69) is 13.8 Å². The molecule has 4 heteroatoms. The van der Waals surface area contributed by atoms with Crippen molar-refractivity contribution in [3.8, 4) is 0 Å². The highest BCUT2D eigenvalue weighted by Gasteiger charge is 2.32. The maximum Gasteiger partial charge on any atom is 0.160 e. The minimum absolute atomic E-state index is 0.0190. The van der Waals surface area contributed by atoms with Crippen molar-refractivity contribution in [1.29, 1.82) is 0 Å². The van der Waals surface area contributed by atoms with Crippen molar-refractivity contribution < 1.29 is 18.9 Å². The smallest absolute Gasteiger partial charge is 0.160 e. The van der Waals surface area contributed by atoms with Crippen LogP contribution in [0.1, 0.15) is 84.5 Å². The summed E-state index contributed by atoms with van der Waals surface area (Å²) in [6.07, 6.45) is 13.8. The molecular formula is C23H42O4. The van der Waals surface area contributed by atoms with Crippen LogP contribution in [0, 0.1) is 23.7 Å². The van der Waals surface area contributed by atoms with Gasteiger partial charge in [-0.05, 0) is 38.0 Å². The Balaban J connectivity index is 1.25. The molecule has 0 radical (unpaired) electrons. The fourth-order valence-electron chi connectivity index (χ4n) is 4.84. The lowest BCUT2D eigenvalue weighted by atomic mass is 9.80. The van der Waals surface area contributed by atoms with Crippen molar-refractivity contribution in [3.05, 3.63) is 0 Å². The predicted octanol–water partition coefficient (Wildman–Crippen LogP) is 5.54. The van der Waals surface area contributed by atoms with Crippen molar-refractivity contribution in [2.24, 2.45) is 23.7 Å². The van der Waals surface area contributed by atoms with E-state index in [-0.39, 0.29) is 12.6 Å². The summed E-state index contributed by atoms with van der Waals surface area (Å²) in [7, 11) is 0. The summed E-state index contributed by atoms with van der Waals surface area (Å²) in [5.74, 6) is 2.63. The van der Waals surface area contributed by atoms with Crippen LogP contribution in [0.3, 0.4) is 0 Å². The van der Waals surface area contributed by atoms with Crippen LogP contribution in [-0.2, 0) is 18.9 Å². The van der Waals surface area contributed by atoms with E-state index in [1.807, 2.05) is 0 Å². The van der Waals surface area contributed by atoms with Crippen LogP contribution in [0.4, 0.5) is 0 Å². The van der Waals surface area contributed by atoms with Crippen molar-refractivity contribution in [2.75, 3.05) is 26.4 Å². The van der Waals surface area contributed by atoms with Crippen LogP contribution in [0.2, 0.25) is 0 Å². The molecular weight excluding hydrogens is 340 g/mol. The molecule has 0 N–H and O–H groups in total. The van der Waals surface area contributed by atoms with Crippen LogP contribution in [0.5, 0.6) is 0 Å². The van der Waals surface area contributed by atoms with E-state index in [4.69, 9.17) is 18.9 Å². The van der Waals surface area contributed by atoms with Gasteiger partial charge < -0.3 is 18.9 Å². The number of hydrogen-bond acceptors (Lipinski definition) is 4. The van der Waals surface area contributed by atoms with Gasteiger partial charge in [-0.1, -0.05) is 52.4 Å². The summed E-state index contributed by atoms with van der Waals surface area (Å²) < 4.78 is 24.1. The third kappa shape index (κ3) is 6.99. The van der Waals surface area contributed by atoms with Gasteiger partial charge in [0.25, 0.3) is 0 Å². The fourth-order valence-corrected chi connectivity index (χ4v) is 4.84. The molecule has 0 aromatic heterocycles. The Morgan fingerprint density at radius 3 is 1.89 bits per heavy atom. The molecule has 0 bridgehead atoms. The average molecular weight is 383 g/mol. The van der Waals surface area contributed by atoms with E-state index >= 15 is 0 Å². The van der Waals surface area contributed by atoms with Gasteiger partial charge in [0.15, 0.2) is 12.6 Å². The molecule has 3 fully saturated rings. The zero-order valence-corrected chi connectivity index (χ0v) is 17.7. The van der Waals surface area contributed by atoms with Crippen molar-refractivity contribution in [1.82, 2.24) is 0 Å². The molecule has 3 rings (SSSR count). The Kier molecular flexibility index (Phi) is 9.37. The Morgan fingerprint density at radius 1 is 0.630 bits per heavy atom. The first-order valence-corrected chi connectivity index (χ1v) is 11.7. The lowest BCUT2D eigenvalue weighted by Crippen LogP contribution is -2.39. The largest absolute Gasteiger partial charge is 0.352 e. The molecule has 0 aromatic carbocycles. The average Bonchev–Trinajstić information content (AvgIpc) is 2.74. The lowest BCUT2D eigenvalue weighted by Gasteiger charge is -2.38. The van der Waals surface area contributed by atoms with Crippen LogP contribution >= 0.6 is 0 Å². The van der Waals surface area contributed by atoms with E-state index in [1.165, 1.54) is 57.8 Å². The van der Waals surface area contributed by atoms with Crippen molar-refractivity contribution in [2.45, 2.75) is 97.1 Å². The van der Waals surface area contributed by atoms with Gasteiger partial charge >= 0.3 is 0 Å². The number of unbranched alkanes of at least 4 members (excludes halogenated alkanes) is 2. The van der Waals surface area contributed by atoms with Gasteiger partial charge in [0.1, 0.15) is 0 Å². The third-order valence-corrected chi connectivity index (χ3v) is 6.91. The first kappa shape index (κ1) is 21.5. The molecule has 1 aliphatic carbocycles. The van der Waals surface area contributed by atoms with Crippen LogP contribution in [0.15, 0.2) is 0 Å². The second kappa shape index (κ2) is 11.7. The van der Waals surface area contributed by atoms with Crippen molar-refractivity contribution >= 4 is 0 Å². The van der Waals surface area contributed by atoms with Gasteiger partial charge in [-0.15, -0.1) is 0 Å². The van der Waals surface area contributed by atoms with Gasteiger partial charge in [0, 0.05) is 17.8 Å². The molecule has 4 nitrogen and oxygen atoms in total. The van der Waals surface area contributed by atoms with E-state index in [1.54, 1.807) is 0 Å².